The minimum Gasteiger partial charge on any atom is -0.497 e. The highest BCUT2D eigenvalue weighted by atomic mass is 16.7. The molecule has 0 radical (unpaired) electrons. The van der Waals surface area contributed by atoms with Crippen molar-refractivity contribution in [2.45, 2.75) is 12.8 Å². The average molecular weight is 357 g/mol. The first kappa shape index (κ1) is 17.0. The zero-order valence-electron chi connectivity index (χ0n) is 15.0. The number of hydrogen-bond donors (Lipinski definition) is 0. The van der Waals surface area contributed by atoms with Gasteiger partial charge < -0.3 is 9.57 Å². The van der Waals surface area contributed by atoms with E-state index in [1.807, 2.05) is 36.4 Å². The number of aryl methyl sites for hydroxylation is 2. The maximum atomic E-state index is 12.4. The molecule has 0 N–H and O–H groups in total. The van der Waals surface area contributed by atoms with Crippen LogP contribution in [0.2, 0.25) is 0 Å². The molecule has 4 heteroatoms. The molecule has 4 rings (SSSR count). The monoisotopic (exact) mass is 357 g/mol. The Hall–Kier alpha value is -3.40. The van der Waals surface area contributed by atoms with Gasteiger partial charge in [0.15, 0.2) is 0 Å². The van der Waals surface area contributed by atoms with E-state index in [-0.39, 0.29) is 0 Å². The number of methoxy groups -OCH3 is 1. The normalized spacial score (nSPS) is 12.4. The summed E-state index contributed by atoms with van der Waals surface area (Å²) in [5, 5.41) is 4.28. The van der Waals surface area contributed by atoms with Gasteiger partial charge in [-0.2, -0.15) is 0 Å². The molecule has 0 atom stereocenters. The number of nitrogens with zero attached hydrogens (tertiary/aromatic N) is 1. The number of ether oxygens (including phenoxy) is 1. The van der Waals surface area contributed by atoms with E-state index in [4.69, 9.17) is 9.57 Å². The van der Waals surface area contributed by atoms with E-state index >= 15 is 0 Å². The Morgan fingerprint density at radius 1 is 0.815 bits per heavy atom. The smallest absolute Gasteiger partial charge is 0.365 e. The van der Waals surface area contributed by atoms with Crippen molar-refractivity contribution in [3.05, 3.63) is 101 Å². The van der Waals surface area contributed by atoms with Gasteiger partial charge >= 0.3 is 5.97 Å². The minimum atomic E-state index is -0.496. The van der Waals surface area contributed by atoms with Crippen LogP contribution in [0.25, 0.3) is 0 Å². The van der Waals surface area contributed by atoms with Gasteiger partial charge in [-0.1, -0.05) is 53.7 Å². The Balaban J connectivity index is 1.70. The van der Waals surface area contributed by atoms with E-state index in [0.29, 0.717) is 17.0 Å². The molecule has 3 aromatic carbocycles. The van der Waals surface area contributed by atoms with Gasteiger partial charge in [0, 0.05) is 11.1 Å². The van der Waals surface area contributed by atoms with Gasteiger partial charge in [-0.3, -0.25) is 0 Å². The molecule has 27 heavy (non-hydrogen) atoms. The topological polar surface area (TPSA) is 47.9 Å². The fourth-order valence-electron chi connectivity index (χ4n) is 3.32. The highest BCUT2D eigenvalue weighted by Crippen LogP contribution is 2.25. The second kappa shape index (κ2) is 7.46. The zero-order chi connectivity index (χ0) is 18.6. The molecular formula is C23H19NO3. The number of carbonyl (C=O) groups excluding carboxylic acids is 1. The van der Waals surface area contributed by atoms with Gasteiger partial charge in [0.05, 0.1) is 12.7 Å². The summed E-state index contributed by atoms with van der Waals surface area (Å²) < 4.78 is 5.12. The molecule has 1 aliphatic rings. The number of benzene rings is 3. The quantitative estimate of drug-likeness (QED) is 0.515. The molecular weight excluding hydrogens is 338 g/mol. The van der Waals surface area contributed by atoms with Crippen LogP contribution in [0.4, 0.5) is 0 Å². The van der Waals surface area contributed by atoms with Crippen LogP contribution in [0, 0.1) is 0 Å². The van der Waals surface area contributed by atoms with Crippen LogP contribution in [-0.2, 0) is 17.7 Å². The van der Waals surface area contributed by atoms with E-state index < -0.39 is 5.97 Å². The Kier molecular flexibility index (Phi) is 4.71. The van der Waals surface area contributed by atoms with Crippen molar-refractivity contribution in [2.75, 3.05) is 7.11 Å². The lowest BCUT2D eigenvalue weighted by Crippen LogP contribution is -2.09. The van der Waals surface area contributed by atoms with Gasteiger partial charge in [-0.25, -0.2) is 4.79 Å². The van der Waals surface area contributed by atoms with E-state index in [0.717, 1.165) is 24.0 Å². The van der Waals surface area contributed by atoms with Crippen molar-refractivity contribution in [2.24, 2.45) is 5.16 Å². The molecule has 1 aliphatic carbocycles. The van der Waals surface area contributed by atoms with Crippen LogP contribution < -0.4 is 4.74 Å². The van der Waals surface area contributed by atoms with E-state index in [9.17, 15) is 4.79 Å². The van der Waals surface area contributed by atoms with E-state index in [2.05, 4.69) is 17.3 Å². The van der Waals surface area contributed by atoms with Crippen molar-refractivity contribution in [3.8, 4) is 5.75 Å². The van der Waals surface area contributed by atoms with Crippen LogP contribution in [0.3, 0.4) is 0 Å². The number of hydrogen-bond acceptors (Lipinski definition) is 4. The maximum Gasteiger partial charge on any atom is 0.365 e. The molecule has 0 spiro atoms. The summed E-state index contributed by atoms with van der Waals surface area (Å²) in [5.74, 6) is 0.189. The molecule has 3 aromatic rings. The Labute approximate surface area is 158 Å². The maximum absolute atomic E-state index is 12.4. The summed E-state index contributed by atoms with van der Waals surface area (Å²) in [6.45, 7) is 0. The van der Waals surface area contributed by atoms with Gasteiger partial charge in [0.1, 0.15) is 11.5 Å². The lowest BCUT2D eigenvalue weighted by atomic mass is 9.98. The largest absolute Gasteiger partial charge is 0.497 e. The fourth-order valence-corrected chi connectivity index (χ4v) is 3.32. The SMILES string of the molecule is COc1ccc(C(=O)ON=C2c3ccccc3CCc3ccccc32)cc1. The van der Waals surface area contributed by atoms with Crippen LogP contribution in [0.5, 0.6) is 5.75 Å². The highest BCUT2D eigenvalue weighted by Gasteiger charge is 2.20. The Morgan fingerprint density at radius 3 is 1.93 bits per heavy atom. The van der Waals surface area contributed by atoms with Gasteiger partial charge in [-0.05, 0) is 48.2 Å². The summed E-state index contributed by atoms with van der Waals surface area (Å²) in [5.41, 5.74) is 5.53. The summed E-state index contributed by atoms with van der Waals surface area (Å²) in [6, 6.07) is 23.0. The van der Waals surface area contributed by atoms with Crippen molar-refractivity contribution in [1.29, 1.82) is 0 Å². The van der Waals surface area contributed by atoms with Gasteiger partial charge in [0.25, 0.3) is 0 Å². The van der Waals surface area contributed by atoms with Crippen LogP contribution in [-0.4, -0.2) is 18.8 Å². The first-order valence-electron chi connectivity index (χ1n) is 8.86. The third-order valence-corrected chi connectivity index (χ3v) is 4.75. The molecule has 0 aliphatic heterocycles. The number of fused-ring (bicyclic) bond motifs is 2. The first-order chi connectivity index (χ1) is 13.3. The lowest BCUT2D eigenvalue weighted by molar-refractivity contribution is 0.0517. The molecule has 0 heterocycles. The molecule has 0 saturated heterocycles. The molecule has 0 bridgehead atoms. The molecule has 0 saturated carbocycles. The third-order valence-electron chi connectivity index (χ3n) is 4.75. The van der Waals surface area contributed by atoms with Gasteiger partial charge in [-0.15, -0.1) is 0 Å². The summed E-state index contributed by atoms with van der Waals surface area (Å²) in [7, 11) is 1.58. The fraction of sp³-hybridized carbons (Fsp3) is 0.130. The molecule has 4 nitrogen and oxygen atoms in total. The molecule has 0 fully saturated rings. The zero-order valence-corrected chi connectivity index (χ0v) is 15.0. The first-order valence-corrected chi connectivity index (χ1v) is 8.86. The van der Waals surface area contributed by atoms with Gasteiger partial charge in [0.2, 0.25) is 0 Å². The molecule has 0 amide bonds. The van der Waals surface area contributed by atoms with E-state index in [1.165, 1.54) is 11.1 Å². The lowest BCUT2D eigenvalue weighted by Gasteiger charge is -2.09. The van der Waals surface area contributed by atoms with Crippen molar-refractivity contribution < 1.29 is 14.4 Å². The van der Waals surface area contributed by atoms with E-state index in [1.54, 1.807) is 31.4 Å². The number of carbonyl (C=O) groups is 1. The third kappa shape index (κ3) is 3.47. The molecule has 0 aromatic heterocycles. The van der Waals surface area contributed by atoms with Crippen molar-refractivity contribution in [1.82, 2.24) is 0 Å². The number of oxime groups is 1. The number of rotatable bonds is 3. The molecule has 0 unspecified atom stereocenters. The summed E-state index contributed by atoms with van der Waals surface area (Å²) in [6.07, 6.45) is 1.86. The second-order valence-electron chi connectivity index (χ2n) is 6.36. The summed E-state index contributed by atoms with van der Waals surface area (Å²) >= 11 is 0. The van der Waals surface area contributed by atoms with Crippen LogP contribution >= 0.6 is 0 Å². The predicted molar refractivity (Wildman–Crippen MR) is 104 cm³/mol. The second-order valence-corrected chi connectivity index (χ2v) is 6.36. The predicted octanol–water partition coefficient (Wildman–Crippen LogP) is 4.40. The molecule has 134 valence electrons. The van der Waals surface area contributed by atoms with Crippen LogP contribution in [0.15, 0.2) is 78.0 Å². The highest BCUT2D eigenvalue weighted by molar-refractivity contribution is 6.15. The Morgan fingerprint density at radius 2 is 1.37 bits per heavy atom. The minimum absolute atomic E-state index is 0.426. The van der Waals surface area contributed by atoms with Crippen molar-refractivity contribution in [3.63, 3.8) is 0 Å². The standard InChI is InChI=1S/C23H19NO3/c1-26-19-14-12-18(13-15-19)23(25)27-24-22-20-8-4-2-6-16(20)10-11-17-7-3-5-9-21(17)22/h2-9,12-15H,10-11H2,1H3. The summed E-state index contributed by atoms with van der Waals surface area (Å²) in [4.78, 5) is 17.7. The Bertz CT molecular complexity index is 957. The average Bonchev–Trinajstić information content (AvgIpc) is 2.89. The van der Waals surface area contributed by atoms with Crippen LogP contribution in [0.1, 0.15) is 32.6 Å². The van der Waals surface area contributed by atoms with Crippen molar-refractivity contribution >= 4 is 11.7 Å².